The molecule has 3 aromatic carbocycles. The molecule has 3 rings (SSSR count). The molecule has 0 bridgehead atoms. The van der Waals surface area contributed by atoms with Crippen LogP contribution in [-0.2, 0) is 21.2 Å². The number of likely N-dealkylation sites (N-methyl/N-ethyl adjacent to an activating group) is 1. The second-order valence-electron chi connectivity index (χ2n) is 8.32. The minimum atomic E-state index is -4.13. The van der Waals surface area contributed by atoms with Crippen molar-refractivity contribution in [3.05, 3.63) is 89.5 Å². The monoisotopic (exact) mass is 509 g/mol. The summed E-state index contributed by atoms with van der Waals surface area (Å²) in [5.74, 6) is 0.330. The lowest BCUT2D eigenvalue weighted by molar-refractivity contribution is -0.120. The van der Waals surface area contributed by atoms with Gasteiger partial charge in [-0.15, -0.1) is 0 Å². The van der Waals surface area contributed by atoms with Crippen molar-refractivity contribution in [2.45, 2.75) is 38.1 Å². The molecule has 0 spiro atoms. The molecule has 1 unspecified atom stereocenters. The van der Waals surface area contributed by atoms with Gasteiger partial charge in [-0.2, -0.15) is 0 Å². The van der Waals surface area contributed by atoms with Crippen molar-refractivity contribution in [3.8, 4) is 5.75 Å². The molecule has 1 atom stereocenters. The van der Waals surface area contributed by atoms with Gasteiger partial charge >= 0.3 is 6.03 Å². The average molecular weight is 510 g/mol. The second kappa shape index (κ2) is 11.7. The molecule has 0 heterocycles. The van der Waals surface area contributed by atoms with E-state index in [2.05, 4.69) is 5.32 Å². The third-order valence-electron chi connectivity index (χ3n) is 5.77. The number of urea groups is 1. The quantitative estimate of drug-likeness (QED) is 0.454. The standard InChI is InChI=1S/C27H31N3O5S/c1-5-30(22-15-16-24(35-4)20(3)17-22)26(31)23(18-21-12-7-6-8-13-21)28-27(32)29-36(33,34)25-14-10-9-11-19(25)2/h6-17,23H,5,18H2,1-4H3,(H2,28,29,32). The Bertz CT molecular complexity index is 1330. The fraction of sp³-hybridized carbons (Fsp3) is 0.259. The summed E-state index contributed by atoms with van der Waals surface area (Å²) < 4.78 is 33.0. The predicted molar refractivity (Wildman–Crippen MR) is 140 cm³/mol. The summed E-state index contributed by atoms with van der Waals surface area (Å²) in [6, 6.07) is 19.0. The van der Waals surface area contributed by atoms with Crippen LogP contribution in [0.5, 0.6) is 5.75 Å². The summed E-state index contributed by atoms with van der Waals surface area (Å²) in [5, 5.41) is 2.59. The van der Waals surface area contributed by atoms with Crippen molar-refractivity contribution in [3.63, 3.8) is 0 Å². The van der Waals surface area contributed by atoms with Gasteiger partial charge in [0.05, 0.1) is 12.0 Å². The van der Waals surface area contributed by atoms with Crippen LogP contribution in [0.2, 0.25) is 0 Å². The third-order valence-corrected chi connectivity index (χ3v) is 7.26. The smallest absolute Gasteiger partial charge is 0.329 e. The van der Waals surface area contributed by atoms with E-state index in [1.165, 1.54) is 6.07 Å². The zero-order valence-electron chi connectivity index (χ0n) is 20.8. The lowest BCUT2D eigenvalue weighted by Crippen LogP contribution is -2.53. The zero-order valence-corrected chi connectivity index (χ0v) is 21.6. The second-order valence-corrected chi connectivity index (χ2v) is 9.97. The fourth-order valence-corrected chi connectivity index (χ4v) is 5.12. The van der Waals surface area contributed by atoms with Gasteiger partial charge in [-0.25, -0.2) is 17.9 Å². The van der Waals surface area contributed by atoms with Gasteiger partial charge in [0, 0.05) is 18.7 Å². The van der Waals surface area contributed by atoms with Gasteiger partial charge in [0.1, 0.15) is 11.8 Å². The topological polar surface area (TPSA) is 105 Å². The van der Waals surface area contributed by atoms with Crippen molar-refractivity contribution < 1.29 is 22.7 Å². The Hall–Kier alpha value is -3.85. The zero-order chi connectivity index (χ0) is 26.3. The maximum atomic E-state index is 13.7. The highest BCUT2D eigenvalue weighted by atomic mass is 32.2. The van der Waals surface area contributed by atoms with Crippen LogP contribution in [0.25, 0.3) is 0 Å². The number of hydrogen-bond donors (Lipinski definition) is 2. The summed E-state index contributed by atoms with van der Waals surface area (Å²) in [6.45, 7) is 5.70. The molecule has 3 aromatic rings. The van der Waals surface area contributed by atoms with Crippen molar-refractivity contribution >= 4 is 27.6 Å². The van der Waals surface area contributed by atoms with Crippen molar-refractivity contribution in [2.75, 3.05) is 18.6 Å². The summed E-state index contributed by atoms with van der Waals surface area (Å²) in [4.78, 5) is 28.1. The van der Waals surface area contributed by atoms with E-state index in [-0.39, 0.29) is 17.2 Å². The summed E-state index contributed by atoms with van der Waals surface area (Å²) in [6.07, 6.45) is 0.184. The average Bonchev–Trinajstić information content (AvgIpc) is 2.84. The number of aryl methyl sites for hydroxylation is 2. The Morgan fingerprint density at radius 1 is 0.944 bits per heavy atom. The maximum Gasteiger partial charge on any atom is 0.329 e. The Labute approximate surface area is 212 Å². The van der Waals surface area contributed by atoms with E-state index in [0.29, 0.717) is 23.5 Å². The van der Waals surface area contributed by atoms with Gasteiger partial charge in [0.2, 0.25) is 5.91 Å². The molecule has 2 N–H and O–H groups in total. The fourth-order valence-electron chi connectivity index (χ4n) is 3.96. The largest absolute Gasteiger partial charge is 0.496 e. The normalized spacial score (nSPS) is 11.9. The Kier molecular flexibility index (Phi) is 8.71. The van der Waals surface area contributed by atoms with Crippen LogP contribution >= 0.6 is 0 Å². The molecule has 0 aliphatic carbocycles. The van der Waals surface area contributed by atoms with E-state index in [9.17, 15) is 18.0 Å². The molecule has 3 amide bonds. The molecule has 8 nitrogen and oxygen atoms in total. The molecule has 0 aromatic heterocycles. The van der Waals surface area contributed by atoms with Crippen LogP contribution in [0.3, 0.4) is 0 Å². The first kappa shape index (κ1) is 26.7. The molecule has 0 radical (unpaired) electrons. The molecule has 0 saturated heterocycles. The van der Waals surface area contributed by atoms with Crippen LogP contribution in [0, 0.1) is 13.8 Å². The van der Waals surface area contributed by atoms with Crippen molar-refractivity contribution in [1.29, 1.82) is 0 Å². The lowest BCUT2D eigenvalue weighted by Gasteiger charge is -2.28. The van der Waals surface area contributed by atoms with Crippen LogP contribution in [0.4, 0.5) is 10.5 Å². The van der Waals surface area contributed by atoms with Crippen LogP contribution in [0.15, 0.2) is 77.7 Å². The van der Waals surface area contributed by atoms with E-state index in [0.717, 1.165) is 11.1 Å². The summed E-state index contributed by atoms with van der Waals surface area (Å²) in [5.41, 5.74) is 2.83. The van der Waals surface area contributed by atoms with Gasteiger partial charge in [-0.05, 0) is 61.7 Å². The Balaban J connectivity index is 1.87. The number of methoxy groups -OCH3 is 1. The first-order valence-corrected chi connectivity index (χ1v) is 13.0. The van der Waals surface area contributed by atoms with Gasteiger partial charge < -0.3 is 15.0 Å². The molecular weight excluding hydrogens is 478 g/mol. The number of nitrogens with zero attached hydrogens (tertiary/aromatic N) is 1. The van der Waals surface area contributed by atoms with Crippen LogP contribution < -0.4 is 19.7 Å². The number of nitrogens with one attached hydrogen (secondary N) is 2. The minimum absolute atomic E-state index is 0.00465. The van der Waals surface area contributed by atoms with Crippen LogP contribution in [0.1, 0.15) is 23.6 Å². The summed E-state index contributed by atoms with van der Waals surface area (Å²) in [7, 11) is -2.55. The van der Waals surface area contributed by atoms with E-state index < -0.39 is 22.1 Å². The molecule has 0 aliphatic rings. The predicted octanol–water partition coefficient (Wildman–Crippen LogP) is 3.96. The number of sulfonamides is 1. The SMILES string of the molecule is CCN(C(=O)C(Cc1ccccc1)NC(=O)NS(=O)(=O)c1ccccc1C)c1ccc(OC)c(C)c1. The van der Waals surface area contributed by atoms with E-state index in [1.54, 1.807) is 49.3 Å². The number of carbonyl (C=O) groups is 2. The van der Waals surface area contributed by atoms with Crippen LogP contribution in [-0.4, -0.2) is 40.1 Å². The number of anilines is 1. The molecular formula is C27H31N3O5S. The number of benzene rings is 3. The minimum Gasteiger partial charge on any atom is -0.496 e. The molecule has 0 fully saturated rings. The number of ether oxygens (including phenoxy) is 1. The first-order valence-electron chi connectivity index (χ1n) is 11.5. The number of hydrogen-bond acceptors (Lipinski definition) is 5. The van der Waals surface area contributed by atoms with E-state index in [4.69, 9.17) is 4.74 Å². The number of rotatable bonds is 9. The number of carbonyl (C=O) groups excluding carboxylic acids is 2. The molecule has 0 aliphatic heterocycles. The Morgan fingerprint density at radius 2 is 1.61 bits per heavy atom. The van der Waals surface area contributed by atoms with E-state index >= 15 is 0 Å². The molecule has 190 valence electrons. The third kappa shape index (κ3) is 6.42. The molecule has 36 heavy (non-hydrogen) atoms. The van der Waals surface area contributed by atoms with Crippen molar-refractivity contribution in [1.82, 2.24) is 10.0 Å². The molecule has 9 heteroatoms. The van der Waals surface area contributed by atoms with Gasteiger partial charge in [0.25, 0.3) is 10.0 Å². The highest BCUT2D eigenvalue weighted by molar-refractivity contribution is 7.90. The first-order chi connectivity index (χ1) is 17.2. The summed E-state index contributed by atoms with van der Waals surface area (Å²) >= 11 is 0. The highest BCUT2D eigenvalue weighted by Gasteiger charge is 2.29. The van der Waals surface area contributed by atoms with Gasteiger partial charge in [0.15, 0.2) is 0 Å². The lowest BCUT2D eigenvalue weighted by atomic mass is 10.0. The number of amides is 3. The van der Waals surface area contributed by atoms with Crippen molar-refractivity contribution in [2.24, 2.45) is 0 Å². The molecule has 0 saturated carbocycles. The maximum absolute atomic E-state index is 13.7. The van der Waals surface area contributed by atoms with E-state index in [1.807, 2.05) is 55.0 Å². The van der Waals surface area contributed by atoms with Gasteiger partial charge in [-0.3, -0.25) is 4.79 Å². The van der Waals surface area contributed by atoms with Gasteiger partial charge in [-0.1, -0.05) is 48.5 Å². The Morgan fingerprint density at radius 3 is 2.22 bits per heavy atom. The highest BCUT2D eigenvalue weighted by Crippen LogP contribution is 2.25.